The number of rotatable bonds is 14. The van der Waals surface area contributed by atoms with Crippen LogP contribution in [-0.4, -0.2) is 86.9 Å². The van der Waals surface area contributed by atoms with Gasteiger partial charge in [0, 0.05) is 47.1 Å². The lowest BCUT2D eigenvalue weighted by atomic mass is 9.85. The summed E-state index contributed by atoms with van der Waals surface area (Å²) in [5, 5.41) is 10.9. The van der Waals surface area contributed by atoms with Crippen LogP contribution in [0.1, 0.15) is 87.0 Å². The molecule has 6 rings (SSSR count). The molecule has 3 fully saturated rings. The average Bonchev–Trinajstić information content (AvgIpc) is 3.54. The maximum atomic E-state index is 14.8. The predicted molar refractivity (Wildman–Crippen MR) is 226 cm³/mol. The topological polar surface area (TPSA) is 181 Å². The molecule has 0 bridgehead atoms. The molecule has 1 aliphatic heterocycles. The summed E-state index contributed by atoms with van der Waals surface area (Å²) < 4.78 is 31.8. The summed E-state index contributed by atoms with van der Waals surface area (Å²) in [4.78, 5) is 64.9. The van der Waals surface area contributed by atoms with Crippen molar-refractivity contribution in [2.24, 2.45) is 11.3 Å². The molecule has 2 aromatic heterocycles. The van der Waals surface area contributed by atoms with Gasteiger partial charge in [-0.05, 0) is 77.3 Å². The first-order chi connectivity index (χ1) is 27.3. The van der Waals surface area contributed by atoms with Crippen molar-refractivity contribution in [2.75, 3.05) is 19.0 Å². The smallest absolute Gasteiger partial charge is 0.408 e. The Labute approximate surface area is 344 Å². The van der Waals surface area contributed by atoms with E-state index in [1.165, 1.54) is 22.1 Å². The van der Waals surface area contributed by atoms with Crippen LogP contribution in [0.5, 0.6) is 11.5 Å². The highest BCUT2D eigenvalue weighted by Crippen LogP contribution is 2.70. The highest BCUT2D eigenvalue weighted by atomic mass is 32.1. The number of amides is 3. The first kappa shape index (κ1) is 43.1. The Balaban J connectivity index is 1.35. The number of aromatic nitrogens is 2. The summed E-state index contributed by atoms with van der Waals surface area (Å²) in [6.07, 6.45) is 3.71. The Kier molecular flexibility index (Phi) is 12.7. The van der Waals surface area contributed by atoms with Crippen molar-refractivity contribution in [1.29, 1.82) is 0 Å². The highest BCUT2D eigenvalue weighted by Gasteiger charge is 2.65. The largest absolute Gasteiger partial charge is 0.497 e. The number of likely N-dealkylation sites (tertiary alicyclic amines) is 1. The summed E-state index contributed by atoms with van der Waals surface area (Å²) in [6, 6.07) is 5.27. The molecule has 1 unspecified atom stereocenters. The molecule has 0 radical (unpaired) electrons. The SMILES string of the molecule is C=C[C@@H]1C[C@]1(NC(=O)[C@@H]1C[C@@H](Oc2cc(-c3csc(NC(C)C)n3)nc3cc(OC)ccc23)CN1C(=O)[C@@H](NC(=O)OC1CCCC1)C(C)(C)C)P(=O)(O)C=C(C)C. The standard InChI is InChI=1S/C42H57N6O8PS/c1-10-26-20-42(26,57(52,53)22-24(2)3)47-37(49)34-18-29(21-48(34)38(50)36(41(6,7)8)46-40(51)56-27-13-11-12-14-27)55-35-19-32(33-23-58-39(45-33)43-25(4)5)44-31-17-28(54-9)15-16-30(31)35/h10,15-17,19,22-23,25-27,29,34,36H,1,11-14,18,20-21H2,2-9H3,(H,43,45)(H,46,51)(H,47,49)(H,52,53)/t26-,29-,34+,36-,42+/m1/s1. The van der Waals surface area contributed by atoms with E-state index >= 15 is 0 Å². The number of allylic oxidation sites excluding steroid dienone is 1. The number of ether oxygens (including phenoxy) is 3. The zero-order chi connectivity index (χ0) is 42.2. The second-order valence-corrected chi connectivity index (χ2v) is 20.4. The Morgan fingerprint density at radius 2 is 1.83 bits per heavy atom. The molecule has 4 N–H and O–H groups in total. The number of nitrogens with one attached hydrogen (secondary N) is 3. The number of fused-ring (bicyclic) bond motifs is 1. The number of hydrogen-bond donors (Lipinski definition) is 4. The molecule has 3 heterocycles. The molecular weight excluding hydrogens is 780 g/mol. The van der Waals surface area contributed by atoms with E-state index in [0.717, 1.165) is 30.8 Å². The van der Waals surface area contributed by atoms with Gasteiger partial charge in [-0.3, -0.25) is 14.2 Å². The fourth-order valence-corrected chi connectivity index (χ4v) is 10.9. The molecule has 14 nitrogen and oxygen atoms in total. The van der Waals surface area contributed by atoms with Crippen molar-refractivity contribution in [1.82, 2.24) is 25.5 Å². The molecular formula is C42H57N6O8PS. The summed E-state index contributed by atoms with van der Waals surface area (Å²) >= 11 is 1.46. The quantitative estimate of drug-likeness (QED) is 0.0918. The van der Waals surface area contributed by atoms with Crippen LogP contribution >= 0.6 is 18.7 Å². The lowest BCUT2D eigenvalue weighted by Gasteiger charge is -2.35. The number of thiazole rings is 1. The van der Waals surface area contributed by atoms with Gasteiger partial charge in [0.05, 0.1) is 24.9 Å². The van der Waals surface area contributed by atoms with Gasteiger partial charge in [-0.25, -0.2) is 14.8 Å². The van der Waals surface area contributed by atoms with E-state index < -0.39 is 60.1 Å². The number of nitrogens with zero attached hydrogens (tertiary/aromatic N) is 3. The van der Waals surface area contributed by atoms with Gasteiger partial charge in [0.15, 0.2) is 5.13 Å². The monoisotopic (exact) mass is 836 g/mol. The molecule has 3 amide bonds. The summed E-state index contributed by atoms with van der Waals surface area (Å²) in [7, 11) is -2.50. The molecule has 314 valence electrons. The lowest BCUT2D eigenvalue weighted by molar-refractivity contribution is -0.142. The minimum absolute atomic E-state index is 0.0139. The van der Waals surface area contributed by atoms with Crippen molar-refractivity contribution < 1.29 is 38.1 Å². The number of alkyl carbamates (subject to hydrolysis) is 1. The number of carbonyl (C=O) groups excluding carboxylic acids is 3. The fourth-order valence-electron chi connectivity index (χ4n) is 7.82. The van der Waals surface area contributed by atoms with Gasteiger partial charge in [-0.15, -0.1) is 17.9 Å². The molecule has 16 heteroatoms. The number of benzene rings is 1. The Hall–Kier alpha value is -4.46. The van der Waals surface area contributed by atoms with Crippen molar-refractivity contribution in [3.05, 3.63) is 53.7 Å². The molecule has 2 saturated carbocycles. The summed E-state index contributed by atoms with van der Waals surface area (Å²) in [6.45, 7) is 16.8. The minimum Gasteiger partial charge on any atom is -0.497 e. The molecule has 6 atom stereocenters. The number of hydrogen-bond acceptors (Lipinski definition) is 11. The third-order valence-corrected chi connectivity index (χ3v) is 14.3. The van der Waals surface area contributed by atoms with E-state index in [0.29, 0.717) is 39.4 Å². The van der Waals surface area contributed by atoms with Crippen molar-refractivity contribution >= 4 is 52.6 Å². The number of carbonyl (C=O) groups is 3. The van der Waals surface area contributed by atoms with Crippen molar-refractivity contribution in [2.45, 2.75) is 123 Å². The first-order valence-corrected chi connectivity index (χ1v) is 22.5. The molecule has 2 aliphatic carbocycles. The fraction of sp³-hybridized carbons (Fsp3) is 0.548. The van der Waals surface area contributed by atoms with E-state index in [4.69, 9.17) is 24.2 Å². The maximum absolute atomic E-state index is 14.8. The number of methoxy groups -OCH3 is 1. The highest BCUT2D eigenvalue weighted by molar-refractivity contribution is 7.63. The lowest BCUT2D eigenvalue weighted by Crippen LogP contribution is -2.58. The van der Waals surface area contributed by atoms with Crippen LogP contribution in [0.15, 0.2) is 53.7 Å². The van der Waals surface area contributed by atoms with E-state index in [2.05, 4.69) is 22.5 Å². The third-order valence-electron chi connectivity index (χ3n) is 10.9. The van der Waals surface area contributed by atoms with Gasteiger partial charge in [0.25, 0.3) is 0 Å². The average molecular weight is 837 g/mol. The van der Waals surface area contributed by atoms with Crippen LogP contribution in [0.4, 0.5) is 9.93 Å². The summed E-state index contributed by atoms with van der Waals surface area (Å²) in [5.41, 5.74) is 1.65. The van der Waals surface area contributed by atoms with Gasteiger partial charge in [0.1, 0.15) is 46.8 Å². The molecule has 1 aromatic carbocycles. The third kappa shape index (κ3) is 9.37. The minimum atomic E-state index is -4.08. The van der Waals surface area contributed by atoms with Crippen LogP contribution in [0.2, 0.25) is 0 Å². The van der Waals surface area contributed by atoms with Gasteiger partial charge >= 0.3 is 6.09 Å². The zero-order valence-electron chi connectivity index (χ0n) is 34.7. The zero-order valence-corrected chi connectivity index (χ0v) is 36.4. The van der Waals surface area contributed by atoms with E-state index in [-0.39, 0.29) is 31.5 Å². The second-order valence-electron chi connectivity index (χ2n) is 17.3. The molecule has 1 saturated heterocycles. The van der Waals surface area contributed by atoms with E-state index in [9.17, 15) is 23.8 Å². The van der Waals surface area contributed by atoms with Gasteiger partial charge in [-0.1, -0.05) is 32.4 Å². The van der Waals surface area contributed by atoms with Crippen LogP contribution in [0.3, 0.4) is 0 Å². The summed E-state index contributed by atoms with van der Waals surface area (Å²) in [5.74, 6) is 0.829. The van der Waals surface area contributed by atoms with Gasteiger partial charge < -0.3 is 40.0 Å². The van der Waals surface area contributed by atoms with Crippen LogP contribution in [-0.2, 0) is 18.9 Å². The van der Waals surface area contributed by atoms with Gasteiger partial charge in [-0.2, -0.15) is 0 Å². The molecule has 3 aromatic rings. The molecule has 58 heavy (non-hydrogen) atoms. The van der Waals surface area contributed by atoms with E-state index in [1.807, 2.05) is 46.1 Å². The Bertz CT molecular complexity index is 2120. The number of anilines is 1. The normalized spacial score (nSPS) is 23.5. The van der Waals surface area contributed by atoms with Crippen molar-refractivity contribution in [3.8, 4) is 22.9 Å². The van der Waals surface area contributed by atoms with Crippen molar-refractivity contribution in [3.63, 3.8) is 0 Å². The molecule has 3 aliphatic rings. The second kappa shape index (κ2) is 17.0. The molecule has 0 spiro atoms. The maximum Gasteiger partial charge on any atom is 0.408 e. The first-order valence-electron chi connectivity index (χ1n) is 19.9. The predicted octanol–water partition coefficient (Wildman–Crippen LogP) is 7.83. The van der Waals surface area contributed by atoms with Gasteiger partial charge in [0.2, 0.25) is 19.2 Å². The van der Waals surface area contributed by atoms with E-state index in [1.54, 1.807) is 45.2 Å². The Morgan fingerprint density at radius 3 is 2.45 bits per heavy atom. The van der Waals surface area contributed by atoms with Crippen LogP contribution in [0.25, 0.3) is 22.3 Å². The Morgan fingerprint density at radius 1 is 1.10 bits per heavy atom. The van der Waals surface area contributed by atoms with Crippen LogP contribution < -0.4 is 25.4 Å². The number of pyridine rings is 1. The van der Waals surface area contributed by atoms with Crippen LogP contribution in [0, 0.1) is 11.3 Å².